The molecule has 3 aromatic rings. The first kappa shape index (κ1) is 22.9. The van der Waals surface area contributed by atoms with Crippen molar-refractivity contribution in [1.29, 1.82) is 0 Å². The maximum absolute atomic E-state index is 14.4. The van der Waals surface area contributed by atoms with Crippen molar-refractivity contribution < 1.29 is 18.0 Å². The lowest BCUT2D eigenvalue weighted by Gasteiger charge is -2.37. The molecule has 1 amide bonds. The molecule has 0 saturated heterocycles. The molecular formula is C24H28F3N3O. The van der Waals surface area contributed by atoms with Crippen molar-refractivity contribution in [1.82, 2.24) is 15.6 Å². The molecule has 0 unspecified atom stereocenters. The van der Waals surface area contributed by atoms with Gasteiger partial charge in [-0.05, 0) is 60.2 Å². The molecule has 0 spiro atoms. The SMILES string of the molecule is CC.CC(=O)NCCNC1CC(c2c(-c3ccc(F)cc3)[nH]c3c(F)cc(F)cc23)C1. The van der Waals surface area contributed by atoms with Gasteiger partial charge < -0.3 is 15.6 Å². The van der Waals surface area contributed by atoms with Crippen molar-refractivity contribution in [2.75, 3.05) is 13.1 Å². The van der Waals surface area contributed by atoms with E-state index in [0.29, 0.717) is 24.2 Å². The van der Waals surface area contributed by atoms with E-state index in [0.717, 1.165) is 30.0 Å². The molecular weight excluding hydrogens is 403 g/mol. The normalized spacial score (nSPS) is 17.6. The molecule has 2 aromatic carbocycles. The van der Waals surface area contributed by atoms with Gasteiger partial charge in [0.2, 0.25) is 5.91 Å². The molecule has 1 saturated carbocycles. The van der Waals surface area contributed by atoms with Crippen LogP contribution in [0.25, 0.3) is 22.2 Å². The number of benzene rings is 2. The molecule has 4 nitrogen and oxygen atoms in total. The smallest absolute Gasteiger partial charge is 0.216 e. The fraction of sp³-hybridized carbons (Fsp3) is 0.375. The van der Waals surface area contributed by atoms with Gasteiger partial charge in [0.1, 0.15) is 17.5 Å². The van der Waals surface area contributed by atoms with Crippen LogP contribution in [0.4, 0.5) is 13.2 Å². The van der Waals surface area contributed by atoms with E-state index in [1.807, 2.05) is 13.8 Å². The van der Waals surface area contributed by atoms with Crippen LogP contribution in [-0.4, -0.2) is 30.0 Å². The third kappa shape index (κ3) is 5.10. The molecule has 166 valence electrons. The average molecular weight is 432 g/mol. The highest BCUT2D eigenvalue weighted by molar-refractivity contribution is 5.92. The second-order valence-electron chi connectivity index (χ2n) is 7.53. The number of rotatable bonds is 6. The first-order chi connectivity index (χ1) is 14.9. The van der Waals surface area contributed by atoms with Crippen molar-refractivity contribution in [2.24, 2.45) is 0 Å². The number of aromatic nitrogens is 1. The number of fused-ring (bicyclic) bond motifs is 1. The first-order valence-corrected chi connectivity index (χ1v) is 10.7. The zero-order valence-electron chi connectivity index (χ0n) is 18.0. The zero-order chi connectivity index (χ0) is 22.5. The van der Waals surface area contributed by atoms with Crippen LogP contribution in [0.3, 0.4) is 0 Å². The van der Waals surface area contributed by atoms with E-state index in [9.17, 15) is 18.0 Å². The van der Waals surface area contributed by atoms with Crippen LogP contribution in [0, 0.1) is 17.5 Å². The minimum absolute atomic E-state index is 0.0647. The molecule has 3 N–H and O–H groups in total. The Morgan fingerprint density at radius 2 is 1.71 bits per heavy atom. The molecule has 7 heteroatoms. The highest BCUT2D eigenvalue weighted by atomic mass is 19.1. The summed E-state index contributed by atoms with van der Waals surface area (Å²) in [5.41, 5.74) is 2.57. The number of hydrogen-bond donors (Lipinski definition) is 3. The number of aromatic amines is 1. The summed E-state index contributed by atoms with van der Waals surface area (Å²) in [7, 11) is 0. The van der Waals surface area contributed by atoms with Gasteiger partial charge in [0, 0.05) is 37.5 Å². The molecule has 1 aliphatic carbocycles. The van der Waals surface area contributed by atoms with E-state index >= 15 is 0 Å². The summed E-state index contributed by atoms with van der Waals surface area (Å²) in [4.78, 5) is 14.0. The summed E-state index contributed by atoms with van der Waals surface area (Å²) in [6.45, 7) is 6.70. The standard InChI is InChI=1S/C22H22F3N3O.C2H6/c1-12(29)26-6-7-27-17-8-14(9-17)20-18-10-16(24)11-19(25)22(18)28-21(20)13-2-4-15(23)5-3-13;1-2/h2-5,10-11,14,17,27-28H,6-9H2,1H3,(H,26,29);1-2H3. The van der Waals surface area contributed by atoms with E-state index in [1.54, 1.807) is 12.1 Å². The van der Waals surface area contributed by atoms with Gasteiger partial charge in [0.25, 0.3) is 0 Å². The summed E-state index contributed by atoms with van der Waals surface area (Å²) in [6, 6.07) is 8.49. The predicted molar refractivity (Wildman–Crippen MR) is 117 cm³/mol. The number of amides is 1. The Bertz CT molecular complexity index is 1040. The molecule has 1 heterocycles. The van der Waals surface area contributed by atoms with Crippen LogP contribution in [0.1, 0.15) is 45.1 Å². The van der Waals surface area contributed by atoms with Gasteiger partial charge in [-0.15, -0.1) is 0 Å². The lowest BCUT2D eigenvalue weighted by molar-refractivity contribution is -0.118. The van der Waals surface area contributed by atoms with Crippen molar-refractivity contribution in [3.8, 4) is 11.3 Å². The summed E-state index contributed by atoms with van der Waals surface area (Å²) < 4.78 is 41.7. The number of carbonyl (C=O) groups excluding carboxylic acids is 1. The van der Waals surface area contributed by atoms with Crippen molar-refractivity contribution >= 4 is 16.8 Å². The Hall–Kier alpha value is -2.80. The molecule has 1 aromatic heterocycles. The molecule has 1 aliphatic rings. The Kier molecular flexibility index (Phi) is 7.38. The minimum atomic E-state index is -0.640. The second kappa shape index (κ2) is 10.0. The molecule has 4 rings (SSSR count). The molecule has 0 radical (unpaired) electrons. The van der Waals surface area contributed by atoms with Gasteiger partial charge in [0.05, 0.1) is 11.2 Å². The third-order valence-electron chi connectivity index (χ3n) is 5.48. The van der Waals surface area contributed by atoms with Crippen LogP contribution in [0.2, 0.25) is 0 Å². The number of carbonyl (C=O) groups is 1. The van der Waals surface area contributed by atoms with Crippen LogP contribution in [0.15, 0.2) is 36.4 Å². The van der Waals surface area contributed by atoms with Crippen LogP contribution in [0.5, 0.6) is 0 Å². The van der Waals surface area contributed by atoms with E-state index in [-0.39, 0.29) is 29.2 Å². The Labute approximate surface area is 180 Å². The van der Waals surface area contributed by atoms with Gasteiger partial charge in [0.15, 0.2) is 0 Å². The van der Waals surface area contributed by atoms with Crippen LogP contribution < -0.4 is 10.6 Å². The Morgan fingerprint density at radius 3 is 2.35 bits per heavy atom. The summed E-state index contributed by atoms with van der Waals surface area (Å²) in [5.74, 6) is -1.55. The molecule has 0 atom stereocenters. The minimum Gasteiger partial charge on any atom is -0.355 e. The highest BCUT2D eigenvalue weighted by Crippen LogP contribution is 2.45. The predicted octanol–water partition coefficient (Wildman–Crippen LogP) is 5.25. The fourth-order valence-corrected chi connectivity index (χ4v) is 4.04. The summed E-state index contributed by atoms with van der Waals surface area (Å²) in [6.07, 6.45) is 1.64. The second-order valence-corrected chi connectivity index (χ2v) is 7.53. The molecule has 1 fully saturated rings. The number of halogens is 3. The highest BCUT2D eigenvalue weighted by Gasteiger charge is 2.34. The Morgan fingerprint density at radius 1 is 1.03 bits per heavy atom. The van der Waals surface area contributed by atoms with Crippen LogP contribution in [-0.2, 0) is 4.79 Å². The Balaban J connectivity index is 0.00000132. The summed E-state index contributed by atoms with van der Waals surface area (Å²) >= 11 is 0. The zero-order valence-corrected chi connectivity index (χ0v) is 18.0. The van der Waals surface area contributed by atoms with Crippen molar-refractivity contribution in [3.63, 3.8) is 0 Å². The van der Waals surface area contributed by atoms with E-state index in [1.165, 1.54) is 25.1 Å². The summed E-state index contributed by atoms with van der Waals surface area (Å²) in [5, 5.41) is 6.65. The van der Waals surface area contributed by atoms with Gasteiger partial charge in [-0.2, -0.15) is 0 Å². The number of nitrogens with one attached hydrogen (secondary N) is 3. The monoisotopic (exact) mass is 431 g/mol. The topological polar surface area (TPSA) is 56.9 Å². The lowest BCUT2D eigenvalue weighted by atomic mass is 9.74. The molecule has 31 heavy (non-hydrogen) atoms. The van der Waals surface area contributed by atoms with Crippen molar-refractivity contribution in [3.05, 3.63) is 59.4 Å². The van der Waals surface area contributed by atoms with Crippen LogP contribution >= 0.6 is 0 Å². The van der Waals surface area contributed by atoms with Gasteiger partial charge in [-0.25, -0.2) is 13.2 Å². The van der Waals surface area contributed by atoms with Gasteiger partial charge in [-0.1, -0.05) is 13.8 Å². The average Bonchev–Trinajstić information content (AvgIpc) is 3.07. The number of hydrogen-bond acceptors (Lipinski definition) is 2. The molecule has 0 bridgehead atoms. The quantitative estimate of drug-likeness (QED) is 0.467. The van der Waals surface area contributed by atoms with E-state index < -0.39 is 11.6 Å². The van der Waals surface area contributed by atoms with Gasteiger partial charge >= 0.3 is 0 Å². The maximum atomic E-state index is 14.4. The van der Waals surface area contributed by atoms with Gasteiger partial charge in [-0.3, -0.25) is 4.79 Å². The van der Waals surface area contributed by atoms with E-state index in [2.05, 4.69) is 15.6 Å². The third-order valence-corrected chi connectivity index (χ3v) is 5.48. The molecule has 0 aliphatic heterocycles. The largest absolute Gasteiger partial charge is 0.355 e. The number of H-pyrrole nitrogens is 1. The fourth-order valence-electron chi connectivity index (χ4n) is 4.04. The van der Waals surface area contributed by atoms with E-state index in [4.69, 9.17) is 0 Å². The maximum Gasteiger partial charge on any atom is 0.216 e. The van der Waals surface area contributed by atoms with Crippen molar-refractivity contribution in [2.45, 2.75) is 45.6 Å². The first-order valence-electron chi connectivity index (χ1n) is 10.7. The lowest BCUT2D eigenvalue weighted by Crippen LogP contribution is -2.43.